The molecule has 0 bridgehead atoms. The van der Waals surface area contributed by atoms with Crippen molar-refractivity contribution in [3.63, 3.8) is 0 Å². The van der Waals surface area contributed by atoms with E-state index in [0.29, 0.717) is 27.6 Å². The number of carbonyl (C=O) groups excluding carboxylic acids is 1. The first-order valence-corrected chi connectivity index (χ1v) is 10.7. The molecule has 0 saturated carbocycles. The summed E-state index contributed by atoms with van der Waals surface area (Å²) < 4.78 is 11.9. The monoisotopic (exact) mass is 443 g/mol. The number of nitrogens with one attached hydrogen (secondary N) is 1. The molecule has 0 radical (unpaired) electrons. The summed E-state index contributed by atoms with van der Waals surface area (Å²) in [6.07, 6.45) is 1.54. The SMILES string of the molecule is COc1cc(C=NNC(=O)CSc2nnc(N)s2)ccc1OCc1ccc(C)cc1. The fourth-order valence-electron chi connectivity index (χ4n) is 2.35. The maximum Gasteiger partial charge on any atom is 0.250 e. The average molecular weight is 444 g/mol. The molecule has 1 heterocycles. The van der Waals surface area contributed by atoms with Crippen LogP contribution in [0.25, 0.3) is 0 Å². The van der Waals surface area contributed by atoms with Crippen molar-refractivity contribution in [3.8, 4) is 11.5 Å². The highest BCUT2D eigenvalue weighted by Gasteiger charge is 2.07. The van der Waals surface area contributed by atoms with Crippen LogP contribution >= 0.6 is 23.1 Å². The van der Waals surface area contributed by atoms with E-state index in [4.69, 9.17) is 15.2 Å². The Hall–Kier alpha value is -3.11. The molecule has 8 nitrogen and oxygen atoms in total. The maximum absolute atomic E-state index is 11.9. The number of carbonyl (C=O) groups is 1. The van der Waals surface area contributed by atoms with Crippen LogP contribution in [0.2, 0.25) is 0 Å². The summed E-state index contributed by atoms with van der Waals surface area (Å²) in [7, 11) is 1.58. The Kier molecular flexibility index (Phi) is 7.63. The van der Waals surface area contributed by atoms with E-state index in [9.17, 15) is 4.79 Å². The summed E-state index contributed by atoms with van der Waals surface area (Å²) >= 11 is 2.48. The van der Waals surface area contributed by atoms with Gasteiger partial charge in [-0.2, -0.15) is 5.10 Å². The third-order valence-corrected chi connectivity index (χ3v) is 5.74. The second-order valence-corrected chi connectivity index (χ2v) is 8.40. The molecule has 0 fully saturated rings. The number of nitrogens with zero attached hydrogens (tertiary/aromatic N) is 3. The van der Waals surface area contributed by atoms with Crippen LogP contribution < -0.4 is 20.6 Å². The smallest absolute Gasteiger partial charge is 0.250 e. The number of methoxy groups -OCH3 is 1. The minimum absolute atomic E-state index is 0.168. The third-order valence-electron chi connectivity index (χ3n) is 3.85. The highest BCUT2D eigenvalue weighted by atomic mass is 32.2. The van der Waals surface area contributed by atoms with E-state index in [1.807, 2.05) is 43.3 Å². The van der Waals surface area contributed by atoms with Gasteiger partial charge in [-0.15, -0.1) is 10.2 Å². The number of nitrogen functional groups attached to an aromatic ring is 1. The molecule has 0 unspecified atom stereocenters. The minimum Gasteiger partial charge on any atom is -0.493 e. The first-order valence-electron chi connectivity index (χ1n) is 8.93. The molecule has 1 amide bonds. The lowest BCUT2D eigenvalue weighted by Crippen LogP contribution is -2.19. The van der Waals surface area contributed by atoms with Crippen LogP contribution in [0, 0.1) is 6.92 Å². The summed E-state index contributed by atoms with van der Waals surface area (Å²) in [6.45, 7) is 2.49. The fourth-order valence-corrected chi connectivity index (χ4v) is 3.77. The summed E-state index contributed by atoms with van der Waals surface area (Å²) in [4.78, 5) is 11.9. The molecule has 3 N–H and O–H groups in total. The zero-order valence-corrected chi connectivity index (χ0v) is 18.1. The van der Waals surface area contributed by atoms with Crippen LogP contribution in [0.1, 0.15) is 16.7 Å². The zero-order chi connectivity index (χ0) is 21.3. The summed E-state index contributed by atoms with van der Waals surface area (Å²) in [5.41, 5.74) is 11.0. The molecule has 0 aliphatic carbocycles. The Morgan fingerprint density at radius 1 is 1.23 bits per heavy atom. The third kappa shape index (κ3) is 6.46. The van der Waals surface area contributed by atoms with Crippen LogP contribution in [0.3, 0.4) is 0 Å². The lowest BCUT2D eigenvalue weighted by Gasteiger charge is -2.11. The number of rotatable bonds is 9. The Morgan fingerprint density at radius 2 is 2.03 bits per heavy atom. The number of benzene rings is 2. The highest BCUT2D eigenvalue weighted by molar-refractivity contribution is 8.01. The number of hydrazone groups is 1. The van der Waals surface area contributed by atoms with E-state index in [0.717, 1.165) is 11.1 Å². The van der Waals surface area contributed by atoms with E-state index in [-0.39, 0.29) is 11.7 Å². The number of nitrogens with two attached hydrogens (primary N) is 1. The van der Waals surface area contributed by atoms with Gasteiger partial charge < -0.3 is 15.2 Å². The van der Waals surface area contributed by atoms with Crippen LogP contribution in [-0.2, 0) is 11.4 Å². The number of hydrogen-bond donors (Lipinski definition) is 2. The Morgan fingerprint density at radius 3 is 2.73 bits per heavy atom. The number of hydrogen-bond acceptors (Lipinski definition) is 9. The molecule has 0 aliphatic rings. The van der Waals surface area contributed by atoms with Crippen LogP contribution in [-0.4, -0.2) is 35.2 Å². The predicted molar refractivity (Wildman–Crippen MR) is 119 cm³/mol. The summed E-state index contributed by atoms with van der Waals surface area (Å²) in [6, 6.07) is 13.6. The first kappa shape index (κ1) is 21.6. The zero-order valence-electron chi connectivity index (χ0n) is 16.5. The summed E-state index contributed by atoms with van der Waals surface area (Å²) in [5.74, 6) is 1.13. The van der Waals surface area contributed by atoms with Crippen molar-refractivity contribution in [2.45, 2.75) is 17.9 Å². The fraction of sp³-hybridized carbons (Fsp3) is 0.200. The van der Waals surface area contributed by atoms with E-state index >= 15 is 0 Å². The molecule has 0 saturated heterocycles. The van der Waals surface area contributed by atoms with Gasteiger partial charge in [0.2, 0.25) is 5.13 Å². The molecular weight excluding hydrogens is 422 g/mol. The standard InChI is InChI=1S/C20H21N5O3S2/c1-13-3-5-14(6-4-13)11-28-16-8-7-15(9-17(16)27-2)10-22-23-18(26)12-29-20-25-24-19(21)30-20/h3-10H,11-12H2,1-2H3,(H2,21,24)(H,23,26). The van der Waals surface area contributed by atoms with Gasteiger partial charge in [0.1, 0.15) is 6.61 Å². The van der Waals surface area contributed by atoms with Gasteiger partial charge in [0.05, 0.1) is 19.1 Å². The topological polar surface area (TPSA) is 112 Å². The van der Waals surface area contributed by atoms with Crippen molar-refractivity contribution in [2.24, 2.45) is 5.10 Å². The van der Waals surface area contributed by atoms with E-state index in [1.165, 1.54) is 34.9 Å². The molecule has 3 aromatic rings. The maximum atomic E-state index is 11.9. The number of ether oxygens (including phenoxy) is 2. The van der Waals surface area contributed by atoms with E-state index in [2.05, 4.69) is 20.7 Å². The van der Waals surface area contributed by atoms with Gasteiger partial charge in [-0.05, 0) is 36.2 Å². The van der Waals surface area contributed by atoms with Crippen molar-refractivity contribution in [1.29, 1.82) is 0 Å². The molecule has 1 aromatic heterocycles. The average Bonchev–Trinajstić information content (AvgIpc) is 3.17. The molecule has 0 atom stereocenters. The van der Waals surface area contributed by atoms with Crippen LogP contribution in [0.15, 0.2) is 51.9 Å². The Balaban J connectivity index is 1.51. The minimum atomic E-state index is -0.255. The molecule has 156 valence electrons. The van der Waals surface area contributed by atoms with Crippen molar-refractivity contribution < 1.29 is 14.3 Å². The predicted octanol–water partition coefficient (Wildman–Crippen LogP) is 3.26. The largest absolute Gasteiger partial charge is 0.493 e. The number of thioether (sulfide) groups is 1. The van der Waals surface area contributed by atoms with Gasteiger partial charge in [-0.1, -0.05) is 52.9 Å². The second-order valence-electron chi connectivity index (χ2n) is 6.17. The molecule has 3 rings (SSSR count). The Labute approximate surface area is 182 Å². The van der Waals surface area contributed by atoms with Crippen molar-refractivity contribution in [1.82, 2.24) is 15.6 Å². The second kappa shape index (κ2) is 10.6. The van der Waals surface area contributed by atoms with Gasteiger partial charge in [0.15, 0.2) is 15.8 Å². The number of amides is 1. The molecule has 0 aliphatic heterocycles. The number of aryl methyl sites for hydroxylation is 1. The lowest BCUT2D eigenvalue weighted by atomic mass is 10.2. The molecule has 10 heteroatoms. The molecule has 30 heavy (non-hydrogen) atoms. The van der Waals surface area contributed by atoms with E-state index < -0.39 is 0 Å². The number of anilines is 1. The Bertz CT molecular complexity index is 1020. The number of aromatic nitrogens is 2. The van der Waals surface area contributed by atoms with Gasteiger partial charge in [0.25, 0.3) is 5.91 Å². The first-order chi connectivity index (χ1) is 14.5. The van der Waals surface area contributed by atoms with Gasteiger partial charge in [-0.3, -0.25) is 4.79 Å². The van der Waals surface area contributed by atoms with Crippen molar-refractivity contribution in [2.75, 3.05) is 18.6 Å². The molecular formula is C20H21N5O3S2. The lowest BCUT2D eigenvalue weighted by molar-refractivity contribution is -0.118. The van der Waals surface area contributed by atoms with Gasteiger partial charge in [-0.25, -0.2) is 5.43 Å². The van der Waals surface area contributed by atoms with Crippen LogP contribution in [0.4, 0.5) is 5.13 Å². The van der Waals surface area contributed by atoms with Gasteiger partial charge in [0, 0.05) is 0 Å². The van der Waals surface area contributed by atoms with Gasteiger partial charge >= 0.3 is 0 Å². The highest BCUT2D eigenvalue weighted by Crippen LogP contribution is 2.28. The normalized spacial score (nSPS) is 10.9. The van der Waals surface area contributed by atoms with Crippen LogP contribution in [0.5, 0.6) is 11.5 Å². The van der Waals surface area contributed by atoms with Crippen molar-refractivity contribution >= 4 is 40.4 Å². The molecule has 0 spiro atoms. The molecule has 2 aromatic carbocycles. The van der Waals surface area contributed by atoms with E-state index in [1.54, 1.807) is 13.2 Å². The quantitative estimate of drug-likeness (QED) is 0.297. The van der Waals surface area contributed by atoms with Crippen molar-refractivity contribution in [3.05, 3.63) is 59.2 Å². The summed E-state index contributed by atoms with van der Waals surface area (Å²) in [5, 5.41) is 11.9.